The molecule has 1 unspecified atom stereocenters. The molecule has 0 spiro atoms. The molecule has 140 valence electrons. The van der Waals surface area contributed by atoms with E-state index in [2.05, 4.69) is 0 Å². The van der Waals surface area contributed by atoms with Crippen LogP contribution in [0.2, 0.25) is 0 Å². The minimum atomic E-state index is -2.16. The van der Waals surface area contributed by atoms with Gasteiger partial charge in [-0.05, 0) is 5.56 Å². The van der Waals surface area contributed by atoms with Gasteiger partial charge in [0.2, 0.25) is 11.2 Å². The van der Waals surface area contributed by atoms with Crippen molar-refractivity contribution in [3.8, 4) is 12.1 Å². The molecule has 0 heterocycles. The molecule has 8 nitrogen and oxygen atoms in total. The third-order valence-corrected chi connectivity index (χ3v) is 4.69. The zero-order chi connectivity index (χ0) is 20.2. The summed E-state index contributed by atoms with van der Waals surface area (Å²) in [6.07, 6.45) is 0. The number of methoxy groups -OCH3 is 4. The van der Waals surface area contributed by atoms with Gasteiger partial charge >= 0.3 is 11.9 Å². The van der Waals surface area contributed by atoms with Crippen molar-refractivity contribution in [2.75, 3.05) is 28.4 Å². The van der Waals surface area contributed by atoms with Crippen molar-refractivity contribution in [2.24, 2.45) is 5.41 Å². The molecule has 0 amide bonds. The van der Waals surface area contributed by atoms with Gasteiger partial charge in [-0.15, -0.1) is 0 Å². The molecule has 1 aliphatic carbocycles. The van der Waals surface area contributed by atoms with E-state index in [1.807, 2.05) is 12.1 Å². The van der Waals surface area contributed by atoms with Crippen LogP contribution in [0.3, 0.4) is 0 Å². The molecule has 0 radical (unpaired) electrons. The van der Waals surface area contributed by atoms with Gasteiger partial charge in [-0.1, -0.05) is 30.3 Å². The summed E-state index contributed by atoms with van der Waals surface area (Å²) in [5.41, 5.74) is -2.25. The fourth-order valence-electron chi connectivity index (χ4n) is 3.57. The van der Waals surface area contributed by atoms with Crippen LogP contribution in [0.4, 0.5) is 0 Å². The molecule has 0 aromatic heterocycles. The van der Waals surface area contributed by atoms with Gasteiger partial charge in [-0.3, -0.25) is 0 Å². The Morgan fingerprint density at radius 1 is 0.926 bits per heavy atom. The monoisotopic (exact) mass is 370 g/mol. The van der Waals surface area contributed by atoms with E-state index in [4.69, 9.17) is 18.9 Å². The highest BCUT2D eigenvalue weighted by atomic mass is 16.7. The lowest BCUT2D eigenvalue weighted by molar-refractivity contribution is -0.218. The quantitative estimate of drug-likeness (QED) is 0.564. The fourth-order valence-corrected chi connectivity index (χ4v) is 3.57. The van der Waals surface area contributed by atoms with Gasteiger partial charge in [-0.2, -0.15) is 10.5 Å². The summed E-state index contributed by atoms with van der Waals surface area (Å²) in [4.78, 5) is 25.3. The molecule has 1 atom stereocenters. The highest BCUT2D eigenvalue weighted by molar-refractivity contribution is 6.05. The Morgan fingerprint density at radius 3 is 1.85 bits per heavy atom. The molecule has 1 aromatic carbocycles. The van der Waals surface area contributed by atoms with Crippen LogP contribution in [-0.2, 0) is 28.5 Å². The summed E-state index contributed by atoms with van der Waals surface area (Å²) in [6, 6.07) is 12.2. The Labute approximate surface area is 156 Å². The standard InChI is InChI=1S/C19H18N2O6/c1-24-16(22)13-14(12-8-6-5-7-9-12)18(10-20,11-21)19(26-3,27-4)15(13)17(23)25-2/h5-9,14H,1-4H3. The van der Waals surface area contributed by atoms with Crippen molar-refractivity contribution in [1.29, 1.82) is 10.5 Å². The molecule has 0 aliphatic heterocycles. The number of rotatable bonds is 5. The van der Waals surface area contributed by atoms with Crippen LogP contribution in [-0.4, -0.2) is 46.2 Å². The molecule has 27 heavy (non-hydrogen) atoms. The zero-order valence-electron chi connectivity index (χ0n) is 15.3. The molecule has 2 rings (SSSR count). The van der Waals surface area contributed by atoms with E-state index in [0.717, 1.165) is 14.2 Å². The van der Waals surface area contributed by atoms with Crippen molar-refractivity contribution >= 4 is 11.9 Å². The fraction of sp³-hybridized carbons (Fsp3) is 0.368. The van der Waals surface area contributed by atoms with Gasteiger partial charge in [-0.25, -0.2) is 9.59 Å². The maximum absolute atomic E-state index is 12.7. The van der Waals surface area contributed by atoms with Gasteiger partial charge in [0.15, 0.2) is 0 Å². The number of carbonyl (C=O) groups is 2. The van der Waals surface area contributed by atoms with Gasteiger partial charge < -0.3 is 18.9 Å². The largest absolute Gasteiger partial charge is 0.466 e. The van der Waals surface area contributed by atoms with Crippen LogP contribution in [0.5, 0.6) is 0 Å². The van der Waals surface area contributed by atoms with Crippen molar-refractivity contribution < 1.29 is 28.5 Å². The number of nitrogens with zero attached hydrogens (tertiary/aromatic N) is 2. The predicted molar refractivity (Wildman–Crippen MR) is 90.6 cm³/mol. The summed E-state index contributed by atoms with van der Waals surface area (Å²) in [7, 11) is 4.60. The molecule has 0 saturated heterocycles. The Bertz CT molecular complexity index is 844. The second-order valence-electron chi connectivity index (χ2n) is 5.67. The van der Waals surface area contributed by atoms with Crippen LogP contribution < -0.4 is 0 Å². The van der Waals surface area contributed by atoms with E-state index in [1.54, 1.807) is 30.3 Å². The minimum absolute atomic E-state index is 0.220. The SMILES string of the molecule is COC(=O)C1=C(C(=O)OC)C(OC)(OC)C(C#N)(C#N)C1c1ccccc1. The molecular weight excluding hydrogens is 352 g/mol. The molecule has 8 heteroatoms. The second kappa shape index (κ2) is 7.58. The van der Waals surface area contributed by atoms with Crippen molar-refractivity contribution in [3.63, 3.8) is 0 Å². The maximum atomic E-state index is 12.7. The first-order chi connectivity index (χ1) is 12.9. The smallest absolute Gasteiger partial charge is 0.339 e. The summed E-state index contributed by atoms with van der Waals surface area (Å²) < 4.78 is 20.5. The number of carbonyl (C=O) groups excluding carboxylic acids is 2. The van der Waals surface area contributed by atoms with E-state index in [9.17, 15) is 20.1 Å². The molecule has 0 saturated carbocycles. The van der Waals surface area contributed by atoms with Crippen molar-refractivity contribution in [2.45, 2.75) is 11.7 Å². The number of ether oxygens (including phenoxy) is 4. The van der Waals surface area contributed by atoms with E-state index in [1.165, 1.54) is 14.2 Å². The van der Waals surface area contributed by atoms with E-state index < -0.39 is 29.1 Å². The third-order valence-electron chi connectivity index (χ3n) is 4.69. The van der Waals surface area contributed by atoms with Gasteiger partial charge in [0.1, 0.15) is 5.57 Å². The summed E-state index contributed by atoms with van der Waals surface area (Å²) >= 11 is 0. The number of esters is 2. The normalized spacial score (nSPS) is 19.7. The number of hydrogen-bond donors (Lipinski definition) is 0. The lowest BCUT2D eigenvalue weighted by Gasteiger charge is -2.38. The molecular formula is C19H18N2O6. The summed E-state index contributed by atoms with van der Waals surface area (Å²) in [5, 5.41) is 20.1. The minimum Gasteiger partial charge on any atom is -0.466 e. The van der Waals surface area contributed by atoms with Crippen LogP contribution in [0.1, 0.15) is 11.5 Å². The Morgan fingerprint density at radius 2 is 1.44 bits per heavy atom. The first kappa shape index (κ1) is 20.1. The summed E-state index contributed by atoms with van der Waals surface area (Å²) in [6.45, 7) is 0. The Balaban J connectivity index is 3.04. The highest BCUT2D eigenvalue weighted by Gasteiger charge is 2.71. The average molecular weight is 370 g/mol. The molecule has 0 bridgehead atoms. The number of hydrogen-bond acceptors (Lipinski definition) is 8. The third kappa shape index (κ3) is 2.58. The van der Waals surface area contributed by atoms with E-state index in [0.29, 0.717) is 5.56 Å². The van der Waals surface area contributed by atoms with Crippen LogP contribution in [0, 0.1) is 28.1 Å². The molecule has 1 aromatic rings. The van der Waals surface area contributed by atoms with Gasteiger partial charge in [0, 0.05) is 14.2 Å². The first-order valence-corrected chi connectivity index (χ1v) is 7.83. The van der Waals surface area contributed by atoms with E-state index >= 15 is 0 Å². The van der Waals surface area contributed by atoms with Crippen LogP contribution in [0.25, 0.3) is 0 Å². The number of nitriles is 2. The highest BCUT2D eigenvalue weighted by Crippen LogP contribution is 2.60. The average Bonchev–Trinajstić information content (AvgIpc) is 3.00. The molecule has 0 fully saturated rings. The van der Waals surface area contributed by atoms with Gasteiger partial charge in [0.05, 0.1) is 37.8 Å². The molecule has 0 N–H and O–H groups in total. The second-order valence-corrected chi connectivity index (χ2v) is 5.67. The summed E-state index contributed by atoms with van der Waals surface area (Å²) in [5.74, 6) is -5.19. The van der Waals surface area contributed by atoms with Crippen molar-refractivity contribution in [3.05, 3.63) is 47.0 Å². The van der Waals surface area contributed by atoms with Crippen LogP contribution >= 0.6 is 0 Å². The topological polar surface area (TPSA) is 119 Å². The zero-order valence-corrected chi connectivity index (χ0v) is 15.3. The molecule has 1 aliphatic rings. The Kier molecular flexibility index (Phi) is 5.65. The lowest BCUT2D eigenvalue weighted by Crippen LogP contribution is -2.52. The maximum Gasteiger partial charge on any atom is 0.339 e. The number of benzene rings is 1. The van der Waals surface area contributed by atoms with Crippen molar-refractivity contribution in [1.82, 2.24) is 0 Å². The Hall–Kier alpha value is -3.20. The first-order valence-electron chi connectivity index (χ1n) is 7.83. The van der Waals surface area contributed by atoms with Gasteiger partial charge in [0.25, 0.3) is 0 Å². The predicted octanol–water partition coefficient (Wildman–Crippen LogP) is 1.45. The van der Waals surface area contributed by atoms with Crippen LogP contribution in [0.15, 0.2) is 41.5 Å². The van der Waals surface area contributed by atoms with E-state index in [-0.39, 0.29) is 11.1 Å². The lowest BCUT2D eigenvalue weighted by atomic mass is 9.70.